The van der Waals surface area contributed by atoms with Crippen LogP contribution in [0.4, 0.5) is 13.2 Å². The number of carbonyl (C=O) groups excluding carboxylic acids is 1. The Morgan fingerprint density at radius 2 is 2.07 bits per heavy atom. The van der Waals surface area contributed by atoms with Crippen LogP contribution >= 0.6 is 11.3 Å². The highest BCUT2D eigenvalue weighted by molar-refractivity contribution is 7.13. The average Bonchev–Trinajstić information content (AvgIpc) is 2.50. The van der Waals surface area contributed by atoms with Crippen LogP contribution in [0.5, 0.6) is 0 Å². The quantitative estimate of drug-likeness (QED) is 0.713. The van der Waals surface area contributed by atoms with Crippen LogP contribution in [0.1, 0.15) is 27.4 Å². The van der Waals surface area contributed by atoms with E-state index < -0.39 is 12.6 Å². The van der Waals surface area contributed by atoms with Crippen molar-refractivity contribution in [1.82, 2.24) is 0 Å². The van der Waals surface area contributed by atoms with E-state index in [1.54, 1.807) is 12.1 Å². The molecule has 0 saturated carbocycles. The Hall–Kier alpha value is -0.840. The number of hydrogen-bond donors (Lipinski definition) is 0. The maximum atomic E-state index is 11.8. The van der Waals surface area contributed by atoms with Crippen LogP contribution in [0.3, 0.4) is 0 Å². The van der Waals surface area contributed by atoms with Gasteiger partial charge >= 0.3 is 6.18 Å². The van der Waals surface area contributed by atoms with E-state index in [0.717, 1.165) is 4.88 Å². The van der Waals surface area contributed by atoms with Crippen molar-refractivity contribution in [3.05, 3.63) is 21.9 Å². The maximum Gasteiger partial charge on any atom is 0.389 e. The summed E-state index contributed by atoms with van der Waals surface area (Å²) in [6, 6.07) is 3.32. The summed E-state index contributed by atoms with van der Waals surface area (Å²) in [5.41, 5.74) is 0. The first kappa shape index (κ1) is 11.2. The highest BCUT2D eigenvalue weighted by Gasteiger charge is 2.25. The van der Waals surface area contributed by atoms with Gasteiger partial charge in [0.2, 0.25) is 0 Å². The Bertz CT molecular complexity index is 303. The lowest BCUT2D eigenvalue weighted by Crippen LogP contribution is -2.06. The Morgan fingerprint density at radius 1 is 1.36 bits per heavy atom. The molecule has 0 bridgehead atoms. The molecule has 0 aliphatic carbocycles. The third kappa shape index (κ3) is 3.91. The molecule has 1 rings (SSSR count). The van der Waals surface area contributed by atoms with Gasteiger partial charge in [-0.3, -0.25) is 4.79 Å². The summed E-state index contributed by atoms with van der Waals surface area (Å²) < 4.78 is 35.3. The van der Waals surface area contributed by atoms with Gasteiger partial charge in [-0.25, -0.2) is 0 Å². The lowest BCUT2D eigenvalue weighted by Gasteiger charge is -2.03. The van der Waals surface area contributed by atoms with E-state index in [9.17, 15) is 18.0 Å². The molecule has 0 N–H and O–H groups in total. The minimum Gasteiger partial charge on any atom is -0.297 e. The number of hydrogen-bond acceptors (Lipinski definition) is 2. The zero-order chi connectivity index (χ0) is 10.6. The van der Waals surface area contributed by atoms with Gasteiger partial charge in [-0.05, 0) is 25.0 Å². The molecule has 1 aromatic rings. The van der Waals surface area contributed by atoms with Gasteiger partial charge in [0.25, 0.3) is 0 Å². The fourth-order valence-corrected chi connectivity index (χ4v) is 1.92. The highest BCUT2D eigenvalue weighted by Crippen LogP contribution is 2.24. The molecule has 0 fully saturated rings. The predicted octanol–water partition coefficient (Wildman–Crippen LogP) is 3.45. The van der Waals surface area contributed by atoms with Gasteiger partial charge in [0.1, 0.15) is 0 Å². The molecule has 78 valence electrons. The van der Waals surface area contributed by atoms with Crippen LogP contribution in [-0.2, 0) is 6.42 Å². The molecule has 1 nitrogen and oxygen atoms in total. The topological polar surface area (TPSA) is 17.1 Å². The predicted molar refractivity (Wildman–Crippen MR) is 48.7 cm³/mol. The summed E-state index contributed by atoms with van der Waals surface area (Å²) in [6.07, 6.45) is -3.66. The van der Waals surface area contributed by atoms with Gasteiger partial charge in [0, 0.05) is 11.3 Å². The van der Waals surface area contributed by atoms with E-state index in [1.165, 1.54) is 11.3 Å². The molecule has 0 amide bonds. The van der Waals surface area contributed by atoms with Crippen LogP contribution in [0.15, 0.2) is 12.1 Å². The number of aldehydes is 1. The van der Waals surface area contributed by atoms with Crippen molar-refractivity contribution in [1.29, 1.82) is 0 Å². The summed E-state index contributed by atoms with van der Waals surface area (Å²) >= 11 is 1.25. The number of alkyl halides is 3. The minimum atomic E-state index is -4.08. The fourth-order valence-electron chi connectivity index (χ4n) is 1.06. The summed E-state index contributed by atoms with van der Waals surface area (Å²) in [5.74, 6) is 0. The van der Waals surface area contributed by atoms with E-state index >= 15 is 0 Å². The third-order valence-electron chi connectivity index (χ3n) is 1.68. The molecule has 5 heteroatoms. The minimum absolute atomic E-state index is 0.0856. The first-order valence-corrected chi connectivity index (χ1v) is 4.93. The number of aryl methyl sites for hydroxylation is 1. The largest absolute Gasteiger partial charge is 0.389 e. The van der Waals surface area contributed by atoms with Crippen LogP contribution in [0.25, 0.3) is 0 Å². The van der Waals surface area contributed by atoms with E-state index in [0.29, 0.717) is 17.6 Å². The van der Waals surface area contributed by atoms with E-state index in [4.69, 9.17) is 0 Å². The zero-order valence-electron chi connectivity index (χ0n) is 7.30. The molecular formula is C9H9F3OS. The Kier molecular flexibility index (Phi) is 3.69. The van der Waals surface area contributed by atoms with Crippen molar-refractivity contribution in [3.63, 3.8) is 0 Å². The Balaban J connectivity index is 2.35. The van der Waals surface area contributed by atoms with Gasteiger partial charge in [-0.1, -0.05) is 0 Å². The smallest absolute Gasteiger partial charge is 0.297 e. The fraction of sp³-hybridized carbons (Fsp3) is 0.444. The average molecular weight is 222 g/mol. The Morgan fingerprint density at radius 3 is 2.57 bits per heavy atom. The van der Waals surface area contributed by atoms with Crippen LogP contribution in [0, 0.1) is 0 Å². The second-order valence-electron chi connectivity index (χ2n) is 2.89. The number of halogens is 3. The molecule has 0 spiro atoms. The molecule has 0 saturated heterocycles. The summed E-state index contributed by atoms with van der Waals surface area (Å²) in [4.78, 5) is 11.7. The lowest BCUT2D eigenvalue weighted by atomic mass is 10.2. The van der Waals surface area contributed by atoms with Gasteiger partial charge < -0.3 is 0 Å². The molecule has 0 unspecified atom stereocenters. The number of carbonyl (C=O) groups is 1. The lowest BCUT2D eigenvalue weighted by molar-refractivity contribution is -0.135. The standard InChI is InChI=1S/C9H9F3OS/c10-9(11,12)5-1-2-7-3-4-8(6-13)14-7/h3-4,6H,1-2,5H2. The molecule has 0 radical (unpaired) electrons. The van der Waals surface area contributed by atoms with Crippen molar-refractivity contribution < 1.29 is 18.0 Å². The van der Waals surface area contributed by atoms with Gasteiger partial charge in [0.05, 0.1) is 4.88 Å². The SMILES string of the molecule is O=Cc1ccc(CCCC(F)(F)F)s1. The molecule has 0 aromatic carbocycles. The second kappa shape index (κ2) is 4.59. The second-order valence-corrected chi connectivity index (χ2v) is 4.09. The monoisotopic (exact) mass is 222 g/mol. The molecule has 0 atom stereocenters. The van der Waals surface area contributed by atoms with Crippen molar-refractivity contribution in [2.45, 2.75) is 25.4 Å². The third-order valence-corrected chi connectivity index (χ3v) is 2.75. The van der Waals surface area contributed by atoms with Gasteiger partial charge in [-0.15, -0.1) is 11.3 Å². The number of thiophene rings is 1. The van der Waals surface area contributed by atoms with Crippen molar-refractivity contribution >= 4 is 17.6 Å². The highest BCUT2D eigenvalue weighted by atomic mass is 32.1. The molecule has 1 aromatic heterocycles. The van der Waals surface area contributed by atoms with Crippen LogP contribution in [-0.4, -0.2) is 12.5 Å². The van der Waals surface area contributed by atoms with E-state index in [1.807, 2.05) is 0 Å². The Labute approximate surface area is 83.6 Å². The van der Waals surface area contributed by atoms with Gasteiger partial charge in [-0.2, -0.15) is 13.2 Å². The van der Waals surface area contributed by atoms with Crippen LogP contribution in [0.2, 0.25) is 0 Å². The summed E-state index contributed by atoms with van der Waals surface area (Å²) in [5, 5.41) is 0. The van der Waals surface area contributed by atoms with Crippen molar-refractivity contribution in [3.8, 4) is 0 Å². The molecular weight excluding hydrogens is 213 g/mol. The molecule has 0 aliphatic rings. The maximum absolute atomic E-state index is 11.8. The summed E-state index contributed by atoms with van der Waals surface area (Å²) in [7, 11) is 0. The molecule has 0 aliphatic heterocycles. The van der Waals surface area contributed by atoms with Crippen molar-refractivity contribution in [2.75, 3.05) is 0 Å². The van der Waals surface area contributed by atoms with Gasteiger partial charge in [0.15, 0.2) is 6.29 Å². The normalized spacial score (nSPS) is 11.6. The number of rotatable bonds is 4. The van der Waals surface area contributed by atoms with Crippen LogP contribution < -0.4 is 0 Å². The van der Waals surface area contributed by atoms with Crippen molar-refractivity contribution in [2.24, 2.45) is 0 Å². The van der Waals surface area contributed by atoms with E-state index in [-0.39, 0.29) is 6.42 Å². The van der Waals surface area contributed by atoms with E-state index in [2.05, 4.69) is 0 Å². The zero-order valence-corrected chi connectivity index (χ0v) is 8.12. The summed E-state index contributed by atoms with van der Waals surface area (Å²) in [6.45, 7) is 0. The first-order valence-electron chi connectivity index (χ1n) is 4.12. The molecule has 1 heterocycles. The molecule has 14 heavy (non-hydrogen) atoms. The first-order chi connectivity index (χ1) is 6.51.